The van der Waals surface area contributed by atoms with Gasteiger partial charge in [0.15, 0.2) is 9.84 Å². The first kappa shape index (κ1) is 62.6. The molecule has 10 rings (SSSR count). The summed E-state index contributed by atoms with van der Waals surface area (Å²) in [6.07, 6.45) is 7.55. The van der Waals surface area contributed by atoms with Crippen LogP contribution >= 0.6 is 0 Å². The number of rotatable bonds is 16. The van der Waals surface area contributed by atoms with Crippen LogP contribution in [0.3, 0.4) is 0 Å². The Morgan fingerprint density at radius 2 is 1.55 bits per heavy atom. The summed E-state index contributed by atoms with van der Waals surface area (Å²) in [4.78, 5) is 80.0. The number of fused-ring (bicyclic) bond motifs is 2. The summed E-state index contributed by atoms with van der Waals surface area (Å²) in [6.45, 7) is 30.2. The van der Waals surface area contributed by atoms with Crippen LogP contribution < -0.4 is 19.9 Å². The number of anilines is 4. The Balaban J connectivity index is 0.728. The molecule has 3 atom stereocenters. The highest BCUT2D eigenvalue weighted by Gasteiger charge is 2.44. The highest BCUT2D eigenvalue weighted by Crippen LogP contribution is 2.41. The van der Waals surface area contributed by atoms with Gasteiger partial charge in [0, 0.05) is 125 Å². The van der Waals surface area contributed by atoms with Crippen LogP contribution in [0.25, 0.3) is 10.9 Å². The molecule has 6 aromatic rings. The van der Waals surface area contributed by atoms with Gasteiger partial charge in [-0.2, -0.15) is 5.10 Å². The number of hydrogen-bond donors (Lipinski definition) is 2. The Kier molecular flexibility index (Phi) is 18.0. The van der Waals surface area contributed by atoms with Crippen molar-refractivity contribution in [1.82, 2.24) is 59.6 Å². The van der Waals surface area contributed by atoms with Gasteiger partial charge in [0.2, 0.25) is 11.7 Å². The summed E-state index contributed by atoms with van der Waals surface area (Å²) in [5.41, 5.74) is 5.59. The first-order valence-electron chi connectivity index (χ1n) is 30.2. The minimum Gasteiger partial charge on any atom is -0.492 e. The van der Waals surface area contributed by atoms with Gasteiger partial charge in [-0.25, -0.2) is 37.5 Å². The number of pyridine rings is 1. The van der Waals surface area contributed by atoms with Gasteiger partial charge < -0.3 is 34.4 Å². The number of halogens is 1. The van der Waals surface area contributed by atoms with E-state index in [0.717, 1.165) is 72.2 Å². The number of aryl methyl sites for hydroxylation is 1. The Hall–Kier alpha value is -7.41. The molecule has 0 saturated carbocycles. The number of piperazine rings is 3. The normalized spacial score (nSPS) is 19.8. The Morgan fingerprint density at radius 1 is 0.828 bits per heavy atom. The third kappa shape index (κ3) is 14.0. The monoisotopic (exact) mass is 1210 g/mol. The Bertz CT molecular complexity index is 3600. The number of aromatic amines is 1. The van der Waals surface area contributed by atoms with Crippen molar-refractivity contribution in [3.8, 4) is 5.75 Å². The highest BCUT2D eigenvalue weighted by atomic mass is 32.2. The number of amides is 3. The molecule has 4 aliphatic rings. The van der Waals surface area contributed by atoms with E-state index in [2.05, 4.69) is 75.8 Å². The lowest BCUT2D eigenvalue weighted by Gasteiger charge is -2.48. The average molecular weight is 1210 g/mol. The molecule has 0 bridgehead atoms. The summed E-state index contributed by atoms with van der Waals surface area (Å²) in [5, 5.41) is 11.1. The molecule has 87 heavy (non-hydrogen) atoms. The largest absolute Gasteiger partial charge is 0.492 e. The molecule has 1 unspecified atom stereocenters. The highest BCUT2D eigenvalue weighted by molar-refractivity contribution is 7.92. The van der Waals surface area contributed by atoms with Crippen molar-refractivity contribution in [2.45, 2.75) is 135 Å². The lowest BCUT2D eigenvalue weighted by atomic mass is 9.91. The second-order valence-electron chi connectivity index (χ2n) is 26.4. The smallest absolute Gasteiger partial charge is 0.410 e. The molecule has 2 N–H and O–H groups in total. The first-order valence-corrected chi connectivity index (χ1v) is 31.7. The SMILES string of the molecule is Cc1n[nH]c(Nc2ncnc3cc(OCCCN4CCN(c5cnc(C(=O)N6CCN(C[C@H]7CN(C(=O)OC(C)(C)C)[C@H](C)CN7CC(=O)N7CC(C)(C)c8ncc(Cc9ccc(F)cc9)cc87)C(C)C6)nc5)CC4)c(S(=O)(=O)C(C)(C)C)cc23)c1C. The van der Waals surface area contributed by atoms with Crippen LogP contribution in [-0.2, 0) is 31.2 Å². The second-order valence-corrected chi connectivity index (χ2v) is 29.1. The molecule has 2 aromatic carbocycles. The summed E-state index contributed by atoms with van der Waals surface area (Å²) >= 11 is 0. The third-order valence-electron chi connectivity index (χ3n) is 17.2. The Morgan fingerprint density at radius 3 is 2.22 bits per heavy atom. The quantitative estimate of drug-likeness (QED) is 0.0890. The number of sulfone groups is 1. The lowest BCUT2D eigenvalue weighted by molar-refractivity contribution is -0.121. The number of ether oxygens (including phenoxy) is 2. The number of hydrogen-bond acceptors (Lipinski definition) is 18. The maximum absolute atomic E-state index is 14.7. The number of nitrogens with zero attached hydrogens (tertiary/aromatic N) is 13. The number of carbonyl (C=O) groups excluding carboxylic acids is 3. The molecule has 8 heterocycles. The van der Waals surface area contributed by atoms with Crippen molar-refractivity contribution in [1.29, 1.82) is 0 Å². The van der Waals surface area contributed by atoms with Crippen LogP contribution in [0.5, 0.6) is 5.75 Å². The number of aromatic nitrogens is 7. The molecule has 24 heteroatoms. The number of benzene rings is 2. The van der Waals surface area contributed by atoms with E-state index < -0.39 is 20.2 Å². The predicted octanol–water partition coefficient (Wildman–Crippen LogP) is 7.57. The average Bonchev–Trinajstić information content (AvgIpc) is 1.91. The van der Waals surface area contributed by atoms with Gasteiger partial charge >= 0.3 is 6.09 Å². The van der Waals surface area contributed by atoms with Crippen molar-refractivity contribution >= 4 is 61.7 Å². The van der Waals surface area contributed by atoms with Crippen LogP contribution in [0, 0.1) is 19.7 Å². The van der Waals surface area contributed by atoms with Crippen molar-refractivity contribution in [3.63, 3.8) is 0 Å². The van der Waals surface area contributed by atoms with E-state index in [9.17, 15) is 27.2 Å². The molecule has 3 saturated heterocycles. The molecule has 0 radical (unpaired) electrons. The van der Waals surface area contributed by atoms with E-state index in [4.69, 9.17) is 14.5 Å². The maximum Gasteiger partial charge on any atom is 0.410 e. The molecule has 466 valence electrons. The summed E-state index contributed by atoms with van der Waals surface area (Å²) in [7, 11) is -3.84. The van der Waals surface area contributed by atoms with Gasteiger partial charge in [-0.15, -0.1) is 0 Å². The van der Waals surface area contributed by atoms with Gasteiger partial charge in [-0.3, -0.25) is 34.4 Å². The predicted molar refractivity (Wildman–Crippen MR) is 332 cm³/mol. The van der Waals surface area contributed by atoms with Crippen LogP contribution in [0.1, 0.15) is 114 Å². The van der Waals surface area contributed by atoms with Crippen molar-refractivity contribution in [3.05, 3.63) is 107 Å². The fourth-order valence-electron chi connectivity index (χ4n) is 11.9. The van der Waals surface area contributed by atoms with Gasteiger partial charge in [0.25, 0.3) is 5.91 Å². The van der Waals surface area contributed by atoms with Gasteiger partial charge in [0.05, 0.1) is 58.6 Å². The molecular weight excluding hydrogens is 1130 g/mol. The zero-order chi connectivity index (χ0) is 62.3. The zero-order valence-corrected chi connectivity index (χ0v) is 53.2. The molecule has 3 fully saturated rings. The number of carbonyl (C=O) groups is 3. The minimum absolute atomic E-state index is 0.0516. The van der Waals surface area contributed by atoms with Crippen LogP contribution in [0.2, 0.25) is 0 Å². The van der Waals surface area contributed by atoms with Crippen molar-refractivity contribution < 1.29 is 36.7 Å². The molecule has 4 aliphatic heterocycles. The van der Waals surface area contributed by atoms with Gasteiger partial charge in [-0.1, -0.05) is 26.0 Å². The maximum atomic E-state index is 14.7. The van der Waals surface area contributed by atoms with E-state index >= 15 is 0 Å². The summed E-state index contributed by atoms with van der Waals surface area (Å²) in [6, 6.07) is 11.3. The number of nitrogens with one attached hydrogen (secondary N) is 2. The second kappa shape index (κ2) is 25.0. The summed E-state index contributed by atoms with van der Waals surface area (Å²) in [5.74, 6) is 0.912. The molecule has 4 aromatic heterocycles. The van der Waals surface area contributed by atoms with E-state index in [1.807, 2.05) is 58.7 Å². The molecule has 0 aliphatic carbocycles. The zero-order valence-electron chi connectivity index (χ0n) is 52.4. The third-order valence-corrected chi connectivity index (χ3v) is 19.7. The molecular formula is C63H84FN15O7S. The van der Waals surface area contributed by atoms with E-state index in [0.29, 0.717) is 87.8 Å². The summed E-state index contributed by atoms with van der Waals surface area (Å²) < 4.78 is 52.9. The minimum atomic E-state index is -3.84. The van der Waals surface area contributed by atoms with Crippen LogP contribution in [0.15, 0.2) is 72.3 Å². The number of H-pyrrole nitrogens is 1. The van der Waals surface area contributed by atoms with Gasteiger partial charge in [0.1, 0.15) is 40.0 Å². The standard InChI is InChI=1S/C63H84FN15O7S/c1-40-33-76(24-23-75(40)35-48-36-78(60(82)86-61(5,6)7)41(2)34-77(48)37-54(80)79-38-63(11,12)55-51(79)27-45(30-65-55)26-44-14-16-46(64)17-15-44)59(81)58-66-31-47(32-67-58)74-21-19-73(20-22-74)18-13-25-85-52-29-50-49(28-53(52)87(83,84)62(8,9)10)57(69-39-68-50)70-56-42(3)43(4)71-72-56/h14-17,27-32,39-41,48H,13,18-26,33-38H2,1-12H3,(H2,68,69,70,71,72)/t40?,41-,48+/m1/s1. The van der Waals surface area contributed by atoms with Crippen molar-refractivity contribution in [2.24, 2.45) is 0 Å². The van der Waals surface area contributed by atoms with E-state index in [1.165, 1.54) is 18.5 Å². The topological polar surface area (TPSA) is 232 Å². The van der Waals surface area contributed by atoms with Gasteiger partial charge in [-0.05, 0) is 117 Å². The van der Waals surface area contributed by atoms with E-state index in [1.54, 1.807) is 67.2 Å². The lowest BCUT2D eigenvalue weighted by Crippen LogP contribution is -2.65. The van der Waals surface area contributed by atoms with Crippen molar-refractivity contribution in [2.75, 3.05) is 107 Å². The van der Waals surface area contributed by atoms with Crippen LogP contribution in [-0.4, -0.2) is 206 Å². The van der Waals surface area contributed by atoms with Crippen LogP contribution in [0.4, 0.5) is 32.2 Å². The fraction of sp³-hybridized carbons (Fsp3) is 0.540. The first-order chi connectivity index (χ1) is 41.1. The molecule has 0 spiro atoms. The molecule has 3 amide bonds. The Labute approximate surface area is 510 Å². The van der Waals surface area contributed by atoms with E-state index in [-0.39, 0.29) is 70.3 Å². The molecule has 22 nitrogen and oxygen atoms in total. The fourth-order valence-corrected chi connectivity index (χ4v) is 13.3.